The lowest BCUT2D eigenvalue weighted by atomic mass is 9.87. The highest BCUT2D eigenvalue weighted by Gasteiger charge is 2.39. The molecule has 1 aliphatic heterocycles. The van der Waals surface area contributed by atoms with Gasteiger partial charge in [0.2, 0.25) is 0 Å². The van der Waals surface area contributed by atoms with Gasteiger partial charge < -0.3 is 14.3 Å². The lowest BCUT2D eigenvalue weighted by Gasteiger charge is -2.23. The summed E-state index contributed by atoms with van der Waals surface area (Å²) >= 11 is 13.0. The van der Waals surface area contributed by atoms with Gasteiger partial charge in [0.1, 0.15) is 29.9 Å². The van der Waals surface area contributed by atoms with Gasteiger partial charge in [-0.3, -0.25) is 0 Å². The molecule has 3 aromatic carbocycles. The quantitative estimate of drug-likeness (QED) is 0.198. The van der Waals surface area contributed by atoms with Gasteiger partial charge in [-0.1, -0.05) is 66.5 Å². The van der Waals surface area contributed by atoms with E-state index in [9.17, 15) is 4.79 Å². The summed E-state index contributed by atoms with van der Waals surface area (Å²) in [5.74, 6) is 0.416. The zero-order chi connectivity index (χ0) is 28.4. The number of aromatic nitrogens is 1. The van der Waals surface area contributed by atoms with E-state index in [1.807, 2.05) is 36.4 Å². The van der Waals surface area contributed by atoms with E-state index in [1.54, 1.807) is 25.1 Å². The second kappa shape index (κ2) is 11.9. The summed E-state index contributed by atoms with van der Waals surface area (Å²) in [7, 11) is 0. The first kappa shape index (κ1) is 27.9. The van der Waals surface area contributed by atoms with Crippen LogP contribution in [0.4, 0.5) is 0 Å². The normalized spacial score (nSPS) is 16.6. The summed E-state index contributed by atoms with van der Waals surface area (Å²) in [6, 6.07) is 21.0. The third-order valence-corrected chi connectivity index (χ3v) is 7.64. The predicted molar refractivity (Wildman–Crippen MR) is 160 cm³/mol. The highest BCUT2D eigenvalue weighted by molar-refractivity contribution is 6.40. The lowest BCUT2D eigenvalue weighted by Crippen LogP contribution is -2.33. The molecule has 0 fully saturated rings. The minimum Gasteiger partial charge on any atom is -0.493 e. The third kappa shape index (κ3) is 5.65. The summed E-state index contributed by atoms with van der Waals surface area (Å²) in [6.45, 7) is 8.71. The summed E-state index contributed by atoms with van der Waals surface area (Å²) in [4.78, 5) is 22.3. The molecule has 1 aliphatic rings. The summed E-state index contributed by atoms with van der Waals surface area (Å²) in [5, 5.41) is 6.39. The molecule has 0 amide bonds. The van der Waals surface area contributed by atoms with E-state index in [4.69, 9.17) is 37.5 Å². The molecule has 2 unspecified atom stereocenters. The van der Waals surface area contributed by atoms with Crippen molar-refractivity contribution in [2.24, 2.45) is 17.0 Å². The average molecular weight is 578 g/mol. The van der Waals surface area contributed by atoms with Crippen LogP contribution in [0.15, 0.2) is 71.9 Å². The minimum absolute atomic E-state index is 0.134. The molecular weight excluding hydrogens is 547 g/mol. The number of rotatable bonds is 8. The molecule has 1 aromatic heterocycles. The predicted octanol–water partition coefficient (Wildman–Crippen LogP) is 8.15. The first-order chi connectivity index (χ1) is 19.3. The molecule has 2 atom stereocenters. The molecule has 4 aromatic rings. The Morgan fingerprint density at radius 2 is 1.80 bits per heavy atom. The Balaban J connectivity index is 1.35. The van der Waals surface area contributed by atoms with Gasteiger partial charge in [0, 0.05) is 10.9 Å². The molecule has 0 saturated heterocycles. The Labute approximate surface area is 243 Å². The Morgan fingerprint density at radius 1 is 1.02 bits per heavy atom. The van der Waals surface area contributed by atoms with E-state index in [2.05, 4.69) is 43.0 Å². The second-order valence-corrected chi connectivity index (χ2v) is 10.9. The molecule has 0 spiro atoms. The zero-order valence-corrected chi connectivity index (χ0v) is 24.3. The number of esters is 1. The molecule has 8 heteroatoms. The van der Waals surface area contributed by atoms with Gasteiger partial charge in [-0.15, -0.1) is 0 Å². The number of carbonyl (C=O) groups excluding carboxylic acids is 1. The molecule has 5 rings (SSSR count). The smallest absolute Gasteiger partial charge is 0.356 e. The van der Waals surface area contributed by atoms with Crippen molar-refractivity contribution in [3.8, 4) is 16.9 Å². The van der Waals surface area contributed by atoms with Crippen LogP contribution in [0, 0.1) is 18.8 Å². The van der Waals surface area contributed by atoms with E-state index in [0.29, 0.717) is 40.2 Å². The standard InChI is InChI=1S/C32H30Cl2N2O4/c1-5-38-32(37)28-14-10-21-16-20(9-13-27(21)35-28)23-12-11-22(15-19(23)4)39-17-24-30(36-40-31(24)18(2)3)29-25(33)7-6-8-26(29)34/h6-16,18,24,31H,5,17H2,1-4H3. The first-order valence-electron chi connectivity index (χ1n) is 13.3. The fourth-order valence-corrected chi connectivity index (χ4v) is 5.59. The molecule has 2 heterocycles. The maximum absolute atomic E-state index is 12.0. The molecule has 6 nitrogen and oxygen atoms in total. The zero-order valence-electron chi connectivity index (χ0n) is 22.8. The molecule has 0 saturated carbocycles. The van der Waals surface area contributed by atoms with Crippen molar-refractivity contribution in [2.45, 2.75) is 33.8 Å². The monoisotopic (exact) mass is 576 g/mol. The Hall–Kier alpha value is -3.61. The Bertz CT molecular complexity index is 1580. The van der Waals surface area contributed by atoms with Gasteiger partial charge in [0.05, 0.1) is 28.1 Å². The van der Waals surface area contributed by atoms with E-state index in [1.165, 1.54) is 0 Å². The van der Waals surface area contributed by atoms with Crippen molar-refractivity contribution in [1.29, 1.82) is 0 Å². The van der Waals surface area contributed by atoms with Crippen LogP contribution < -0.4 is 4.74 Å². The minimum atomic E-state index is -0.419. The molecule has 0 N–H and O–H groups in total. The van der Waals surface area contributed by atoms with Gasteiger partial charge in [0.25, 0.3) is 0 Å². The van der Waals surface area contributed by atoms with E-state index >= 15 is 0 Å². The Morgan fingerprint density at radius 3 is 2.50 bits per heavy atom. The van der Waals surface area contributed by atoms with E-state index in [-0.39, 0.29) is 17.9 Å². The molecule has 40 heavy (non-hydrogen) atoms. The maximum atomic E-state index is 12.0. The van der Waals surface area contributed by atoms with Crippen molar-refractivity contribution in [1.82, 2.24) is 4.98 Å². The molecular formula is C32H30Cl2N2O4. The number of aryl methyl sites for hydroxylation is 1. The maximum Gasteiger partial charge on any atom is 0.356 e. The number of carbonyl (C=O) groups is 1. The van der Waals surface area contributed by atoms with Crippen LogP contribution in [0.3, 0.4) is 0 Å². The number of halogens is 2. The third-order valence-electron chi connectivity index (χ3n) is 7.01. The van der Waals surface area contributed by atoms with Gasteiger partial charge >= 0.3 is 5.97 Å². The van der Waals surface area contributed by atoms with Crippen LogP contribution in [-0.2, 0) is 9.57 Å². The fraction of sp³-hybridized carbons (Fsp3) is 0.281. The number of fused-ring (bicyclic) bond motifs is 1. The first-order valence-corrected chi connectivity index (χ1v) is 14.0. The number of pyridine rings is 1. The number of hydrogen-bond donors (Lipinski definition) is 0. The van der Waals surface area contributed by atoms with Crippen molar-refractivity contribution in [3.63, 3.8) is 0 Å². The van der Waals surface area contributed by atoms with Gasteiger partial charge in [-0.05, 0) is 78.9 Å². The van der Waals surface area contributed by atoms with Crippen LogP contribution in [0.5, 0.6) is 5.75 Å². The van der Waals surface area contributed by atoms with Crippen LogP contribution in [0.1, 0.15) is 42.4 Å². The average Bonchev–Trinajstić information content (AvgIpc) is 3.35. The highest BCUT2D eigenvalue weighted by Crippen LogP contribution is 2.35. The number of hydrogen-bond acceptors (Lipinski definition) is 6. The SMILES string of the molecule is CCOC(=O)c1ccc2cc(-c3ccc(OCC4C(c5c(Cl)cccc5Cl)=NOC4C(C)C)cc3C)ccc2n1. The van der Waals surface area contributed by atoms with E-state index in [0.717, 1.165) is 33.3 Å². The van der Waals surface area contributed by atoms with E-state index < -0.39 is 5.97 Å². The topological polar surface area (TPSA) is 70.0 Å². The number of nitrogens with zero attached hydrogens (tertiary/aromatic N) is 2. The lowest BCUT2D eigenvalue weighted by molar-refractivity contribution is 0.0178. The van der Waals surface area contributed by atoms with Crippen LogP contribution in [0.25, 0.3) is 22.0 Å². The van der Waals surface area contributed by atoms with Crippen molar-refractivity contribution >= 4 is 45.8 Å². The van der Waals surface area contributed by atoms with Gasteiger partial charge in [-0.25, -0.2) is 9.78 Å². The molecule has 206 valence electrons. The number of oxime groups is 1. The fourth-order valence-electron chi connectivity index (χ4n) is 5.00. The Kier molecular flexibility index (Phi) is 8.29. The van der Waals surface area contributed by atoms with Crippen LogP contribution >= 0.6 is 23.2 Å². The van der Waals surface area contributed by atoms with Crippen molar-refractivity contribution < 1.29 is 19.1 Å². The molecule has 0 bridgehead atoms. The number of benzene rings is 3. The molecule has 0 radical (unpaired) electrons. The molecule has 0 aliphatic carbocycles. The van der Waals surface area contributed by atoms with Gasteiger partial charge in [0.15, 0.2) is 0 Å². The second-order valence-electron chi connectivity index (χ2n) is 10.1. The largest absolute Gasteiger partial charge is 0.493 e. The summed E-state index contributed by atoms with van der Waals surface area (Å²) in [5.41, 5.74) is 5.64. The van der Waals surface area contributed by atoms with Crippen molar-refractivity contribution in [3.05, 3.63) is 93.6 Å². The number of ether oxygens (including phenoxy) is 2. The van der Waals surface area contributed by atoms with Gasteiger partial charge in [-0.2, -0.15) is 0 Å². The summed E-state index contributed by atoms with van der Waals surface area (Å²) in [6.07, 6.45) is -0.154. The van der Waals surface area contributed by atoms with Crippen molar-refractivity contribution in [2.75, 3.05) is 13.2 Å². The highest BCUT2D eigenvalue weighted by atomic mass is 35.5. The summed E-state index contributed by atoms with van der Waals surface area (Å²) < 4.78 is 11.4. The van der Waals surface area contributed by atoms with Crippen LogP contribution in [-0.4, -0.2) is 36.0 Å². The van der Waals surface area contributed by atoms with Crippen LogP contribution in [0.2, 0.25) is 10.0 Å².